The summed E-state index contributed by atoms with van der Waals surface area (Å²) in [6.45, 7) is 1.87. The van der Waals surface area contributed by atoms with Crippen LogP contribution in [0.3, 0.4) is 0 Å². The second-order valence-corrected chi connectivity index (χ2v) is 6.40. The summed E-state index contributed by atoms with van der Waals surface area (Å²) < 4.78 is 7.04. The van der Waals surface area contributed by atoms with Crippen molar-refractivity contribution in [2.24, 2.45) is 5.10 Å². The molecule has 29 heavy (non-hydrogen) atoms. The molecule has 0 aliphatic heterocycles. The Morgan fingerprint density at radius 3 is 2.72 bits per heavy atom. The van der Waals surface area contributed by atoms with Gasteiger partial charge in [-0.3, -0.25) is 9.20 Å². The van der Waals surface area contributed by atoms with E-state index in [1.54, 1.807) is 28.7 Å². The Morgan fingerprint density at radius 2 is 1.93 bits per heavy atom. The largest absolute Gasteiger partial charge is 0.478 e. The molecule has 0 saturated heterocycles. The number of nitrogens with one attached hydrogen (secondary N) is 1. The summed E-state index contributed by atoms with van der Waals surface area (Å²) in [6.07, 6.45) is 1.36. The zero-order chi connectivity index (χ0) is 20.5. The van der Waals surface area contributed by atoms with E-state index in [2.05, 4.69) is 10.5 Å². The van der Waals surface area contributed by atoms with Crippen LogP contribution in [0.25, 0.3) is 16.6 Å². The fourth-order valence-corrected chi connectivity index (χ4v) is 3.07. The van der Waals surface area contributed by atoms with Gasteiger partial charge in [-0.15, -0.1) is 0 Å². The Hall–Kier alpha value is -4.20. The third-order valence-electron chi connectivity index (χ3n) is 4.47. The van der Waals surface area contributed by atoms with Gasteiger partial charge in [-0.1, -0.05) is 12.1 Å². The molecule has 1 amide bonds. The molecule has 8 heteroatoms. The Morgan fingerprint density at radius 1 is 1.10 bits per heavy atom. The number of nitrogens with zero attached hydrogens (tertiary/aromatic N) is 2. The lowest BCUT2D eigenvalue weighted by molar-refractivity contribution is 0.0696. The molecule has 0 atom stereocenters. The molecule has 0 bridgehead atoms. The van der Waals surface area contributed by atoms with Crippen LogP contribution >= 0.6 is 0 Å². The number of hydrazone groups is 1. The van der Waals surface area contributed by atoms with Crippen LogP contribution in [-0.4, -0.2) is 27.6 Å². The molecule has 0 spiro atoms. The van der Waals surface area contributed by atoms with Crippen molar-refractivity contribution in [3.8, 4) is 0 Å². The zero-order valence-corrected chi connectivity index (χ0v) is 15.2. The first-order chi connectivity index (χ1) is 13.9. The van der Waals surface area contributed by atoms with E-state index in [-0.39, 0.29) is 5.56 Å². The van der Waals surface area contributed by atoms with Gasteiger partial charge in [-0.25, -0.2) is 15.0 Å². The molecule has 2 N–H and O–H groups in total. The molecule has 2 heterocycles. The Bertz CT molecular complexity index is 1360. The van der Waals surface area contributed by atoms with Crippen LogP contribution in [0.1, 0.15) is 32.0 Å². The molecule has 144 valence electrons. The van der Waals surface area contributed by atoms with Crippen molar-refractivity contribution < 1.29 is 19.1 Å². The molecule has 0 aliphatic carbocycles. The number of amides is 1. The van der Waals surface area contributed by atoms with Gasteiger partial charge < -0.3 is 9.52 Å². The number of rotatable bonds is 4. The molecule has 0 radical (unpaired) electrons. The van der Waals surface area contributed by atoms with E-state index < -0.39 is 17.5 Å². The van der Waals surface area contributed by atoms with Gasteiger partial charge >= 0.3 is 11.6 Å². The van der Waals surface area contributed by atoms with Crippen molar-refractivity contribution in [3.05, 3.63) is 87.4 Å². The lowest BCUT2D eigenvalue weighted by Crippen LogP contribution is -2.18. The van der Waals surface area contributed by atoms with Gasteiger partial charge in [0.2, 0.25) is 5.71 Å². The number of aryl methyl sites for hydroxylation is 1. The van der Waals surface area contributed by atoms with Crippen LogP contribution in [0.4, 0.5) is 0 Å². The van der Waals surface area contributed by atoms with Crippen molar-refractivity contribution in [3.63, 3.8) is 0 Å². The van der Waals surface area contributed by atoms with Crippen molar-refractivity contribution in [1.82, 2.24) is 9.83 Å². The molecule has 4 rings (SSSR count). The van der Waals surface area contributed by atoms with Gasteiger partial charge in [0, 0.05) is 17.3 Å². The van der Waals surface area contributed by atoms with E-state index in [1.807, 2.05) is 13.0 Å². The number of aromatic nitrogens is 1. The predicted molar refractivity (Wildman–Crippen MR) is 107 cm³/mol. The first-order valence-corrected chi connectivity index (χ1v) is 8.66. The fraction of sp³-hybridized carbons (Fsp3) is 0.0476. The van der Waals surface area contributed by atoms with E-state index in [1.165, 1.54) is 30.5 Å². The quantitative estimate of drug-likeness (QED) is 0.412. The van der Waals surface area contributed by atoms with E-state index in [4.69, 9.17) is 9.52 Å². The highest BCUT2D eigenvalue weighted by Gasteiger charge is 2.12. The smallest absolute Gasteiger partial charge is 0.346 e. The minimum atomic E-state index is -1.04. The molecule has 0 unspecified atom stereocenters. The number of fused-ring (bicyclic) bond motifs is 3. The highest BCUT2D eigenvalue weighted by molar-refractivity contribution is 5.98. The molecule has 4 aromatic rings. The first-order valence-electron chi connectivity index (χ1n) is 8.66. The van der Waals surface area contributed by atoms with Gasteiger partial charge in [-0.05, 0) is 48.9 Å². The van der Waals surface area contributed by atoms with Crippen molar-refractivity contribution in [2.75, 3.05) is 0 Å². The molecule has 0 fully saturated rings. The van der Waals surface area contributed by atoms with E-state index in [0.29, 0.717) is 27.7 Å². The summed E-state index contributed by atoms with van der Waals surface area (Å²) in [4.78, 5) is 35.6. The highest BCUT2D eigenvalue weighted by atomic mass is 16.4. The van der Waals surface area contributed by atoms with Crippen molar-refractivity contribution in [2.45, 2.75) is 6.92 Å². The molecule has 8 nitrogen and oxygen atoms in total. The minimum Gasteiger partial charge on any atom is -0.478 e. The lowest BCUT2D eigenvalue weighted by atomic mass is 10.1. The Kier molecular flexibility index (Phi) is 4.44. The van der Waals surface area contributed by atoms with Gasteiger partial charge in [0.1, 0.15) is 0 Å². The Labute approximate surface area is 163 Å². The SMILES string of the molecule is Cc1ccc2oc(=O)c3ccc(C(=O)NN=Cc4cccc(C(=O)O)c4)cc3n12. The second-order valence-electron chi connectivity index (χ2n) is 6.40. The van der Waals surface area contributed by atoms with Crippen LogP contribution in [-0.2, 0) is 0 Å². The molecule has 0 aliphatic rings. The van der Waals surface area contributed by atoms with Crippen LogP contribution in [0.5, 0.6) is 0 Å². The van der Waals surface area contributed by atoms with E-state index >= 15 is 0 Å². The topological polar surface area (TPSA) is 113 Å². The molecule has 2 aromatic carbocycles. The summed E-state index contributed by atoms with van der Waals surface area (Å²) in [5, 5.41) is 13.3. The lowest BCUT2D eigenvalue weighted by Gasteiger charge is -2.06. The third kappa shape index (κ3) is 3.39. The second kappa shape index (κ2) is 7.08. The summed E-state index contributed by atoms with van der Waals surface area (Å²) in [5.74, 6) is -1.51. The van der Waals surface area contributed by atoms with Gasteiger partial charge in [0.25, 0.3) is 5.91 Å². The number of hydrogen-bond acceptors (Lipinski definition) is 5. The van der Waals surface area contributed by atoms with Gasteiger partial charge in [-0.2, -0.15) is 5.10 Å². The van der Waals surface area contributed by atoms with E-state index in [0.717, 1.165) is 5.69 Å². The highest BCUT2D eigenvalue weighted by Crippen LogP contribution is 2.18. The molecule has 2 aromatic heterocycles. The maximum atomic E-state index is 12.5. The molecule has 0 saturated carbocycles. The number of aromatic carboxylic acids is 1. The average molecular weight is 389 g/mol. The molecular weight excluding hydrogens is 374 g/mol. The number of carboxylic acid groups (broad SMARTS) is 1. The maximum absolute atomic E-state index is 12.5. The maximum Gasteiger partial charge on any atom is 0.346 e. The number of benzene rings is 2. The zero-order valence-electron chi connectivity index (χ0n) is 15.2. The first kappa shape index (κ1) is 18.2. The number of hydrogen-bond donors (Lipinski definition) is 2. The minimum absolute atomic E-state index is 0.125. The summed E-state index contributed by atoms with van der Waals surface area (Å²) >= 11 is 0. The van der Waals surface area contributed by atoms with Crippen LogP contribution < -0.4 is 11.1 Å². The van der Waals surface area contributed by atoms with Crippen LogP contribution in [0, 0.1) is 6.92 Å². The predicted octanol–water partition coefficient (Wildman–Crippen LogP) is 2.82. The normalized spacial score (nSPS) is 11.3. The monoisotopic (exact) mass is 389 g/mol. The Balaban J connectivity index is 1.63. The molecular formula is C21H15N3O5. The van der Waals surface area contributed by atoms with Crippen molar-refractivity contribution in [1.29, 1.82) is 0 Å². The summed E-state index contributed by atoms with van der Waals surface area (Å²) in [7, 11) is 0. The standard InChI is InChI=1S/C21H15N3O5/c1-12-5-8-18-24(12)17-10-14(6-7-16(17)21(28)29-18)19(25)23-22-11-13-3-2-4-15(9-13)20(26)27/h2-11H,1H3,(H,23,25)(H,26,27). The average Bonchev–Trinajstić information content (AvgIpc) is 3.08. The number of carboxylic acids is 1. The van der Waals surface area contributed by atoms with Crippen molar-refractivity contribution >= 4 is 34.7 Å². The summed E-state index contributed by atoms with van der Waals surface area (Å²) in [5.41, 5.74) is 4.72. The van der Waals surface area contributed by atoms with Gasteiger partial charge in [0.15, 0.2) is 0 Å². The van der Waals surface area contributed by atoms with Gasteiger partial charge in [0.05, 0.1) is 22.7 Å². The van der Waals surface area contributed by atoms with Crippen LogP contribution in [0.2, 0.25) is 0 Å². The summed E-state index contributed by atoms with van der Waals surface area (Å²) in [6, 6.07) is 14.3. The number of carbonyl (C=O) groups is 2. The fourth-order valence-electron chi connectivity index (χ4n) is 3.07. The number of carbonyl (C=O) groups excluding carboxylic acids is 1. The van der Waals surface area contributed by atoms with Crippen LogP contribution in [0.15, 0.2) is 68.9 Å². The van der Waals surface area contributed by atoms with E-state index in [9.17, 15) is 14.4 Å². The third-order valence-corrected chi connectivity index (χ3v) is 4.47.